The van der Waals surface area contributed by atoms with Gasteiger partial charge in [0.1, 0.15) is 11.6 Å². The van der Waals surface area contributed by atoms with E-state index in [0.717, 1.165) is 29.8 Å². The van der Waals surface area contributed by atoms with Crippen molar-refractivity contribution >= 4 is 23.1 Å². The standard InChI is InChI=1S/C20H27N3O4/c1-4-26-20(25)22-17(13(2)3)19(24)23-11-9-14(10-12-23)18-21-15-7-5-6-8-16(15)27-18/h5-8,13-14,17H,4,9-12H2,1-3H3,(H,22,25). The molecule has 2 amide bonds. The van der Waals surface area contributed by atoms with Crippen LogP contribution < -0.4 is 5.32 Å². The van der Waals surface area contributed by atoms with E-state index in [1.807, 2.05) is 43.0 Å². The molecule has 1 aliphatic heterocycles. The average Bonchev–Trinajstić information content (AvgIpc) is 3.10. The van der Waals surface area contributed by atoms with Gasteiger partial charge >= 0.3 is 6.09 Å². The molecule has 27 heavy (non-hydrogen) atoms. The predicted molar refractivity (Wildman–Crippen MR) is 101 cm³/mol. The van der Waals surface area contributed by atoms with Gasteiger partial charge in [0.05, 0.1) is 6.61 Å². The quantitative estimate of drug-likeness (QED) is 0.869. The van der Waals surface area contributed by atoms with Gasteiger partial charge in [0.15, 0.2) is 11.5 Å². The molecule has 1 aromatic heterocycles. The number of piperidine rings is 1. The fourth-order valence-corrected chi connectivity index (χ4v) is 3.42. The molecule has 2 heterocycles. The first-order chi connectivity index (χ1) is 13.0. The van der Waals surface area contributed by atoms with Crippen molar-refractivity contribution in [3.05, 3.63) is 30.2 Å². The first-order valence-electron chi connectivity index (χ1n) is 9.57. The predicted octanol–water partition coefficient (Wildman–Crippen LogP) is 3.30. The van der Waals surface area contributed by atoms with E-state index in [0.29, 0.717) is 13.1 Å². The number of aromatic nitrogens is 1. The zero-order valence-electron chi connectivity index (χ0n) is 16.1. The van der Waals surface area contributed by atoms with E-state index in [1.54, 1.807) is 6.92 Å². The number of nitrogens with zero attached hydrogens (tertiary/aromatic N) is 2. The van der Waals surface area contributed by atoms with Crippen LogP contribution in [0.4, 0.5) is 4.79 Å². The lowest BCUT2D eigenvalue weighted by Gasteiger charge is -2.34. The van der Waals surface area contributed by atoms with Gasteiger partial charge in [-0.2, -0.15) is 0 Å². The molecule has 1 aromatic carbocycles. The topological polar surface area (TPSA) is 84.7 Å². The molecule has 3 rings (SSSR count). The van der Waals surface area contributed by atoms with Gasteiger partial charge in [0.2, 0.25) is 5.91 Å². The van der Waals surface area contributed by atoms with E-state index in [-0.39, 0.29) is 24.3 Å². The van der Waals surface area contributed by atoms with Crippen LogP contribution in [-0.2, 0) is 9.53 Å². The summed E-state index contributed by atoms with van der Waals surface area (Å²) in [5.41, 5.74) is 1.66. The second-order valence-corrected chi connectivity index (χ2v) is 7.21. The van der Waals surface area contributed by atoms with Crippen LogP contribution in [0.1, 0.15) is 45.4 Å². The van der Waals surface area contributed by atoms with Crippen LogP contribution >= 0.6 is 0 Å². The van der Waals surface area contributed by atoms with Gasteiger partial charge < -0.3 is 19.4 Å². The highest BCUT2D eigenvalue weighted by molar-refractivity contribution is 5.86. The van der Waals surface area contributed by atoms with Gasteiger partial charge in [0, 0.05) is 19.0 Å². The number of likely N-dealkylation sites (tertiary alicyclic amines) is 1. The van der Waals surface area contributed by atoms with E-state index in [4.69, 9.17) is 9.15 Å². The molecule has 2 aromatic rings. The highest BCUT2D eigenvalue weighted by Crippen LogP contribution is 2.30. The highest BCUT2D eigenvalue weighted by atomic mass is 16.5. The van der Waals surface area contributed by atoms with Gasteiger partial charge in [-0.3, -0.25) is 4.79 Å². The third-order valence-corrected chi connectivity index (χ3v) is 4.95. The summed E-state index contributed by atoms with van der Waals surface area (Å²) in [6.07, 6.45) is 1.04. The fraction of sp³-hybridized carbons (Fsp3) is 0.550. The molecule has 7 nitrogen and oxygen atoms in total. The molecule has 1 fully saturated rings. The second kappa shape index (κ2) is 8.41. The first kappa shape index (κ1) is 19.2. The molecule has 1 atom stereocenters. The molecule has 0 saturated carbocycles. The molecule has 146 valence electrons. The molecule has 0 spiro atoms. The molecule has 1 saturated heterocycles. The van der Waals surface area contributed by atoms with Crippen molar-refractivity contribution in [2.24, 2.45) is 5.92 Å². The summed E-state index contributed by atoms with van der Waals surface area (Å²) in [5, 5.41) is 2.69. The maximum Gasteiger partial charge on any atom is 0.407 e. The average molecular weight is 373 g/mol. The molecule has 0 aliphatic carbocycles. The maximum absolute atomic E-state index is 12.9. The van der Waals surface area contributed by atoms with Crippen LogP contribution in [0.2, 0.25) is 0 Å². The van der Waals surface area contributed by atoms with Crippen molar-refractivity contribution in [3.8, 4) is 0 Å². The van der Waals surface area contributed by atoms with Crippen molar-refractivity contribution < 1.29 is 18.7 Å². The number of rotatable bonds is 5. The fourth-order valence-electron chi connectivity index (χ4n) is 3.42. The minimum Gasteiger partial charge on any atom is -0.450 e. The van der Waals surface area contributed by atoms with Gasteiger partial charge in [-0.05, 0) is 37.8 Å². The Hall–Kier alpha value is -2.57. The van der Waals surface area contributed by atoms with Crippen LogP contribution in [0.15, 0.2) is 28.7 Å². The number of carbonyl (C=O) groups is 2. The Kier molecular flexibility index (Phi) is 5.98. The Morgan fingerprint density at radius 2 is 2.00 bits per heavy atom. The summed E-state index contributed by atoms with van der Waals surface area (Å²) in [6, 6.07) is 7.15. The summed E-state index contributed by atoms with van der Waals surface area (Å²) in [7, 11) is 0. The van der Waals surface area contributed by atoms with Gasteiger partial charge in [-0.1, -0.05) is 26.0 Å². The number of para-hydroxylation sites is 2. The number of alkyl carbamates (subject to hydrolysis) is 1. The molecular weight excluding hydrogens is 346 g/mol. The minimum atomic E-state index is -0.579. The van der Waals surface area contributed by atoms with Gasteiger partial charge in [-0.25, -0.2) is 9.78 Å². The molecule has 7 heteroatoms. The largest absolute Gasteiger partial charge is 0.450 e. The molecule has 1 aliphatic rings. The highest BCUT2D eigenvalue weighted by Gasteiger charge is 2.33. The Labute approximate surface area is 159 Å². The van der Waals surface area contributed by atoms with E-state index in [9.17, 15) is 9.59 Å². The van der Waals surface area contributed by atoms with Gasteiger partial charge in [-0.15, -0.1) is 0 Å². The normalized spacial score (nSPS) is 16.5. The van der Waals surface area contributed by atoms with E-state index in [2.05, 4.69) is 10.3 Å². The third kappa shape index (κ3) is 4.40. The lowest BCUT2D eigenvalue weighted by atomic mass is 9.95. The monoisotopic (exact) mass is 373 g/mol. The number of hydrogen-bond acceptors (Lipinski definition) is 5. The van der Waals surface area contributed by atoms with Crippen molar-refractivity contribution in [2.75, 3.05) is 19.7 Å². The van der Waals surface area contributed by atoms with Crippen molar-refractivity contribution in [1.29, 1.82) is 0 Å². The molecule has 0 bridgehead atoms. The minimum absolute atomic E-state index is 0.0170. The number of amides is 2. The Bertz CT molecular complexity index is 760. The van der Waals surface area contributed by atoms with Crippen molar-refractivity contribution in [3.63, 3.8) is 0 Å². The molecule has 1 unspecified atom stereocenters. The third-order valence-electron chi connectivity index (χ3n) is 4.95. The zero-order chi connectivity index (χ0) is 19.4. The lowest BCUT2D eigenvalue weighted by Crippen LogP contribution is -2.53. The van der Waals surface area contributed by atoms with Crippen LogP contribution in [0.5, 0.6) is 0 Å². The summed E-state index contributed by atoms with van der Waals surface area (Å²) in [4.78, 5) is 31.0. The number of hydrogen-bond donors (Lipinski definition) is 1. The number of benzene rings is 1. The Morgan fingerprint density at radius 3 is 2.63 bits per heavy atom. The van der Waals surface area contributed by atoms with E-state index in [1.165, 1.54) is 0 Å². The summed E-state index contributed by atoms with van der Waals surface area (Å²) in [6.45, 7) is 7.09. The SMILES string of the molecule is CCOC(=O)NC(C(=O)N1CCC(c2nc3ccccc3o2)CC1)C(C)C. The Balaban J connectivity index is 1.61. The van der Waals surface area contributed by atoms with Crippen LogP contribution in [0.25, 0.3) is 11.1 Å². The maximum atomic E-state index is 12.9. The number of nitrogens with one attached hydrogen (secondary N) is 1. The number of fused-ring (bicyclic) bond motifs is 1. The van der Waals surface area contributed by atoms with Crippen LogP contribution in [0.3, 0.4) is 0 Å². The first-order valence-corrected chi connectivity index (χ1v) is 9.57. The number of ether oxygens (including phenoxy) is 1. The van der Waals surface area contributed by atoms with E-state index >= 15 is 0 Å². The lowest BCUT2D eigenvalue weighted by molar-refractivity contribution is -0.135. The summed E-state index contributed by atoms with van der Waals surface area (Å²) >= 11 is 0. The molecular formula is C20H27N3O4. The van der Waals surface area contributed by atoms with Crippen molar-refractivity contribution in [1.82, 2.24) is 15.2 Å². The number of oxazole rings is 1. The Morgan fingerprint density at radius 1 is 1.30 bits per heavy atom. The smallest absolute Gasteiger partial charge is 0.407 e. The summed E-state index contributed by atoms with van der Waals surface area (Å²) in [5.74, 6) is 0.871. The molecule has 1 N–H and O–H groups in total. The molecule has 0 radical (unpaired) electrons. The summed E-state index contributed by atoms with van der Waals surface area (Å²) < 4.78 is 10.8. The van der Waals surface area contributed by atoms with E-state index < -0.39 is 12.1 Å². The van der Waals surface area contributed by atoms with Gasteiger partial charge in [0.25, 0.3) is 0 Å². The van der Waals surface area contributed by atoms with Crippen molar-refractivity contribution in [2.45, 2.75) is 45.6 Å². The van der Waals surface area contributed by atoms with Crippen LogP contribution in [-0.4, -0.2) is 47.6 Å². The zero-order valence-corrected chi connectivity index (χ0v) is 16.1. The second-order valence-electron chi connectivity index (χ2n) is 7.21. The van der Waals surface area contributed by atoms with Crippen LogP contribution in [0, 0.1) is 5.92 Å². The number of carbonyl (C=O) groups excluding carboxylic acids is 2.